The average molecular weight is 200 g/mol. The molecule has 1 rings (SSSR count). The van der Waals surface area contributed by atoms with E-state index in [1.54, 1.807) is 12.3 Å². The molecule has 0 saturated carbocycles. The molecule has 0 radical (unpaired) electrons. The molecule has 0 amide bonds. The van der Waals surface area contributed by atoms with Gasteiger partial charge in [-0.05, 0) is 27.7 Å². The molecule has 0 aliphatic carbocycles. The highest BCUT2D eigenvalue weighted by Crippen LogP contribution is 2.24. The van der Waals surface area contributed by atoms with E-state index < -0.39 is 0 Å². The van der Waals surface area contributed by atoms with Crippen LogP contribution in [0.1, 0.15) is 26.3 Å². The summed E-state index contributed by atoms with van der Waals surface area (Å²) in [7, 11) is 0. The fraction of sp³-hybridized carbons (Fsp3) is 0.500. The lowest BCUT2D eigenvalue weighted by molar-refractivity contribution is 0.129. The van der Waals surface area contributed by atoms with Gasteiger partial charge in [-0.3, -0.25) is 0 Å². The van der Waals surface area contributed by atoms with Crippen molar-refractivity contribution in [2.24, 2.45) is 0 Å². The second-order valence-electron chi connectivity index (χ2n) is 3.99. The van der Waals surface area contributed by atoms with Crippen molar-refractivity contribution in [2.75, 3.05) is 0 Å². The highest BCUT2D eigenvalue weighted by atomic mass is 35.5. The molecule has 2 nitrogen and oxygen atoms in total. The van der Waals surface area contributed by atoms with Crippen molar-refractivity contribution in [3.05, 3.63) is 23.0 Å². The Bertz CT molecular complexity index is 304. The van der Waals surface area contributed by atoms with Gasteiger partial charge >= 0.3 is 0 Å². The Morgan fingerprint density at radius 2 is 2.00 bits per heavy atom. The molecule has 0 aliphatic heterocycles. The number of pyridine rings is 1. The number of halogens is 1. The fourth-order valence-corrected chi connectivity index (χ4v) is 1.07. The van der Waals surface area contributed by atoms with Gasteiger partial charge in [0, 0.05) is 17.8 Å². The normalized spacial score (nSPS) is 11.5. The van der Waals surface area contributed by atoms with Crippen LogP contribution in [0.4, 0.5) is 0 Å². The molecule has 1 heterocycles. The largest absolute Gasteiger partial charge is 0.488 e. The molecule has 0 atom stereocenters. The van der Waals surface area contributed by atoms with Gasteiger partial charge in [-0.1, -0.05) is 11.6 Å². The zero-order valence-corrected chi connectivity index (χ0v) is 9.14. The third-order valence-corrected chi connectivity index (χ3v) is 1.64. The summed E-state index contributed by atoms with van der Waals surface area (Å²) in [6, 6.07) is 1.74. The Labute approximate surface area is 83.9 Å². The first-order chi connectivity index (χ1) is 5.88. The van der Waals surface area contributed by atoms with E-state index in [-0.39, 0.29) is 5.60 Å². The zero-order chi connectivity index (χ0) is 10.1. The van der Waals surface area contributed by atoms with Gasteiger partial charge in [0.05, 0.1) is 0 Å². The number of nitrogens with zero attached hydrogens (tertiary/aromatic N) is 1. The van der Waals surface area contributed by atoms with Crippen molar-refractivity contribution in [1.82, 2.24) is 4.98 Å². The molecule has 0 bridgehead atoms. The lowest BCUT2D eigenvalue weighted by atomic mass is 10.2. The molecule has 0 fully saturated rings. The standard InChI is InChI=1S/C10H14ClNO/c1-7-6-12-9(11)5-8(7)13-10(2,3)4/h5-6H,1-4H3. The number of rotatable bonds is 1. The molecule has 0 saturated heterocycles. The topological polar surface area (TPSA) is 22.1 Å². The fourth-order valence-electron chi connectivity index (χ4n) is 0.921. The molecule has 72 valence electrons. The molecule has 1 aromatic rings. The summed E-state index contributed by atoms with van der Waals surface area (Å²) < 4.78 is 5.69. The van der Waals surface area contributed by atoms with E-state index in [1.807, 2.05) is 27.7 Å². The van der Waals surface area contributed by atoms with E-state index in [2.05, 4.69) is 4.98 Å². The van der Waals surface area contributed by atoms with Crippen LogP contribution in [-0.2, 0) is 0 Å². The van der Waals surface area contributed by atoms with Gasteiger partial charge in [0.1, 0.15) is 16.5 Å². The van der Waals surface area contributed by atoms with Crippen LogP contribution in [0, 0.1) is 6.92 Å². The molecule has 0 unspecified atom stereocenters. The maximum atomic E-state index is 5.75. The van der Waals surface area contributed by atoms with Gasteiger partial charge in [0.25, 0.3) is 0 Å². The number of hydrogen-bond acceptors (Lipinski definition) is 2. The second-order valence-corrected chi connectivity index (χ2v) is 4.37. The molecular formula is C10H14ClNO. The molecule has 0 N–H and O–H groups in total. The summed E-state index contributed by atoms with van der Waals surface area (Å²) in [6.45, 7) is 7.95. The lowest BCUT2D eigenvalue weighted by Crippen LogP contribution is -2.23. The Balaban J connectivity index is 2.94. The molecule has 0 spiro atoms. The maximum Gasteiger partial charge on any atom is 0.132 e. The van der Waals surface area contributed by atoms with Gasteiger partial charge in [0.15, 0.2) is 0 Å². The summed E-state index contributed by atoms with van der Waals surface area (Å²) in [4.78, 5) is 3.95. The summed E-state index contributed by atoms with van der Waals surface area (Å²) >= 11 is 5.75. The molecular weight excluding hydrogens is 186 g/mol. The predicted molar refractivity (Wildman–Crippen MR) is 54.4 cm³/mol. The molecule has 0 aromatic carbocycles. The molecule has 0 aliphatic rings. The SMILES string of the molecule is Cc1cnc(Cl)cc1OC(C)(C)C. The first-order valence-electron chi connectivity index (χ1n) is 4.20. The van der Waals surface area contributed by atoms with Crippen molar-refractivity contribution < 1.29 is 4.74 Å². The third kappa shape index (κ3) is 3.23. The quantitative estimate of drug-likeness (QED) is 0.648. The van der Waals surface area contributed by atoms with E-state index in [4.69, 9.17) is 16.3 Å². The summed E-state index contributed by atoms with van der Waals surface area (Å²) in [6.07, 6.45) is 1.71. The van der Waals surface area contributed by atoms with Crippen molar-refractivity contribution in [3.63, 3.8) is 0 Å². The number of aryl methyl sites for hydroxylation is 1. The van der Waals surface area contributed by atoms with Crippen molar-refractivity contribution in [1.29, 1.82) is 0 Å². The highest BCUT2D eigenvalue weighted by Gasteiger charge is 2.13. The Morgan fingerprint density at radius 3 is 2.54 bits per heavy atom. The van der Waals surface area contributed by atoms with Gasteiger partial charge < -0.3 is 4.74 Å². The van der Waals surface area contributed by atoms with Crippen molar-refractivity contribution in [2.45, 2.75) is 33.3 Å². The van der Waals surface area contributed by atoms with Crippen LogP contribution < -0.4 is 4.74 Å². The third-order valence-electron chi connectivity index (χ3n) is 1.44. The minimum Gasteiger partial charge on any atom is -0.488 e. The average Bonchev–Trinajstić information content (AvgIpc) is 1.94. The molecule has 1 aromatic heterocycles. The first-order valence-corrected chi connectivity index (χ1v) is 4.57. The Morgan fingerprint density at radius 1 is 1.38 bits per heavy atom. The van der Waals surface area contributed by atoms with Crippen LogP contribution in [0.25, 0.3) is 0 Å². The maximum absolute atomic E-state index is 5.75. The zero-order valence-electron chi connectivity index (χ0n) is 8.39. The number of ether oxygens (including phenoxy) is 1. The highest BCUT2D eigenvalue weighted by molar-refractivity contribution is 6.29. The summed E-state index contributed by atoms with van der Waals surface area (Å²) in [5.74, 6) is 0.799. The van der Waals surface area contributed by atoms with Gasteiger partial charge in [-0.2, -0.15) is 0 Å². The molecule has 13 heavy (non-hydrogen) atoms. The van der Waals surface area contributed by atoms with Crippen LogP contribution in [0.2, 0.25) is 5.15 Å². The van der Waals surface area contributed by atoms with Crippen LogP contribution in [0.15, 0.2) is 12.3 Å². The second kappa shape index (κ2) is 3.54. The minimum atomic E-state index is -0.199. The smallest absolute Gasteiger partial charge is 0.132 e. The van der Waals surface area contributed by atoms with Gasteiger partial charge in [-0.15, -0.1) is 0 Å². The van der Waals surface area contributed by atoms with E-state index in [1.165, 1.54) is 0 Å². The summed E-state index contributed by atoms with van der Waals surface area (Å²) in [5.41, 5.74) is 0.800. The van der Waals surface area contributed by atoms with E-state index >= 15 is 0 Å². The van der Waals surface area contributed by atoms with E-state index in [0.29, 0.717) is 5.15 Å². The molecule has 3 heteroatoms. The number of aromatic nitrogens is 1. The minimum absolute atomic E-state index is 0.199. The Kier molecular flexibility index (Phi) is 2.81. The van der Waals surface area contributed by atoms with Crippen LogP contribution >= 0.6 is 11.6 Å². The lowest BCUT2D eigenvalue weighted by Gasteiger charge is -2.22. The predicted octanol–water partition coefficient (Wildman–Crippen LogP) is 3.22. The monoisotopic (exact) mass is 199 g/mol. The van der Waals surface area contributed by atoms with Crippen molar-refractivity contribution >= 4 is 11.6 Å². The van der Waals surface area contributed by atoms with E-state index in [0.717, 1.165) is 11.3 Å². The van der Waals surface area contributed by atoms with E-state index in [9.17, 15) is 0 Å². The van der Waals surface area contributed by atoms with Crippen LogP contribution in [-0.4, -0.2) is 10.6 Å². The van der Waals surface area contributed by atoms with Crippen LogP contribution in [0.5, 0.6) is 5.75 Å². The van der Waals surface area contributed by atoms with Gasteiger partial charge in [0.2, 0.25) is 0 Å². The van der Waals surface area contributed by atoms with Crippen molar-refractivity contribution in [3.8, 4) is 5.75 Å². The van der Waals surface area contributed by atoms with Crippen LogP contribution in [0.3, 0.4) is 0 Å². The summed E-state index contributed by atoms with van der Waals surface area (Å²) in [5, 5.41) is 0.463. The Hall–Kier alpha value is -0.760. The van der Waals surface area contributed by atoms with Gasteiger partial charge in [-0.25, -0.2) is 4.98 Å². The number of hydrogen-bond donors (Lipinski definition) is 0. The first kappa shape index (κ1) is 10.3.